The second-order valence-corrected chi connectivity index (χ2v) is 8.45. The van der Waals surface area contributed by atoms with Crippen LogP contribution in [0.25, 0.3) is 5.52 Å². The molecule has 2 saturated heterocycles. The summed E-state index contributed by atoms with van der Waals surface area (Å²) in [6.07, 6.45) is 8.36. The lowest BCUT2D eigenvalue weighted by Gasteiger charge is -2.21. The van der Waals surface area contributed by atoms with Gasteiger partial charge in [-0.2, -0.15) is 5.10 Å². The van der Waals surface area contributed by atoms with Crippen molar-refractivity contribution in [3.63, 3.8) is 0 Å². The predicted octanol–water partition coefficient (Wildman–Crippen LogP) is 0.906. The Hall–Kier alpha value is -3.14. The summed E-state index contributed by atoms with van der Waals surface area (Å²) in [6, 6.07) is 0. The van der Waals surface area contributed by atoms with Crippen molar-refractivity contribution in [2.45, 2.75) is 38.0 Å². The predicted molar refractivity (Wildman–Crippen MR) is 111 cm³/mol. The molecule has 0 spiro atoms. The number of aromatic nitrogens is 6. The minimum atomic E-state index is -0.200. The number of fused-ring (bicyclic) bond motifs is 1. The molecule has 3 aromatic heterocycles. The Morgan fingerprint density at radius 2 is 1.97 bits per heavy atom. The van der Waals surface area contributed by atoms with Crippen LogP contribution < -0.4 is 5.56 Å². The van der Waals surface area contributed by atoms with E-state index in [0.29, 0.717) is 37.6 Å². The van der Waals surface area contributed by atoms with E-state index >= 15 is 0 Å². The molecule has 1 N–H and O–H groups in total. The molecule has 0 bridgehead atoms. The maximum atomic E-state index is 12.8. The third-order valence-electron chi connectivity index (χ3n) is 6.32. The smallest absolute Gasteiger partial charge is 0.276 e. The van der Waals surface area contributed by atoms with Crippen LogP contribution in [0.1, 0.15) is 48.8 Å². The van der Waals surface area contributed by atoms with Crippen molar-refractivity contribution in [1.82, 2.24) is 34.4 Å². The van der Waals surface area contributed by atoms with Crippen LogP contribution in [-0.4, -0.2) is 66.7 Å². The van der Waals surface area contributed by atoms with E-state index in [-0.39, 0.29) is 35.6 Å². The van der Waals surface area contributed by atoms with Crippen molar-refractivity contribution >= 4 is 11.4 Å². The van der Waals surface area contributed by atoms with Gasteiger partial charge in [0.1, 0.15) is 18.0 Å². The zero-order valence-electron chi connectivity index (χ0n) is 17.4. The number of hydrogen-bond acceptors (Lipinski definition) is 7. The van der Waals surface area contributed by atoms with Crippen molar-refractivity contribution in [3.05, 3.63) is 52.5 Å². The molecule has 2 fully saturated rings. The average Bonchev–Trinajstić information content (AvgIpc) is 3.39. The Morgan fingerprint density at radius 1 is 1.19 bits per heavy atom. The van der Waals surface area contributed by atoms with E-state index in [4.69, 9.17) is 9.84 Å². The Morgan fingerprint density at radius 3 is 2.74 bits per heavy atom. The van der Waals surface area contributed by atoms with Crippen molar-refractivity contribution in [3.8, 4) is 0 Å². The molecule has 2 aliphatic rings. The van der Waals surface area contributed by atoms with Gasteiger partial charge in [-0.3, -0.25) is 9.59 Å². The van der Waals surface area contributed by atoms with Crippen LogP contribution in [0.3, 0.4) is 0 Å². The number of likely N-dealkylation sites (tertiary alicyclic amines) is 1. The second-order valence-electron chi connectivity index (χ2n) is 8.45. The van der Waals surface area contributed by atoms with Gasteiger partial charge in [0.05, 0.1) is 12.6 Å². The maximum Gasteiger partial charge on any atom is 0.276 e. The molecule has 162 valence electrons. The van der Waals surface area contributed by atoms with Gasteiger partial charge in [-0.15, -0.1) is 0 Å². The normalized spacial score (nSPS) is 22.3. The van der Waals surface area contributed by atoms with Crippen LogP contribution in [0.2, 0.25) is 0 Å². The Balaban J connectivity index is 1.39. The van der Waals surface area contributed by atoms with Crippen molar-refractivity contribution in [2.75, 3.05) is 26.3 Å². The topological polar surface area (TPSA) is 118 Å². The largest absolute Gasteiger partial charge is 0.381 e. The van der Waals surface area contributed by atoms with E-state index in [0.717, 1.165) is 24.2 Å². The summed E-state index contributed by atoms with van der Waals surface area (Å²) in [5.41, 5.74) is 1.04. The number of ether oxygens (including phenoxy) is 1. The fourth-order valence-electron chi connectivity index (χ4n) is 4.57. The zero-order chi connectivity index (χ0) is 21.4. The van der Waals surface area contributed by atoms with Gasteiger partial charge < -0.3 is 14.6 Å². The van der Waals surface area contributed by atoms with E-state index < -0.39 is 0 Å². The lowest BCUT2D eigenvalue weighted by Crippen LogP contribution is -2.30. The lowest BCUT2D eigenvalue weighted by molar-refractivity contribution is -0.129. The average molecular weight is 423 g/mol. The van der Waals surface area contributed by atoms with Gasteiger partial charge in [-0.05, 0) is 24.3 Å². The van der Waals surface area contributed by atoms with Gasteiger partial charge in [0.2, 0.25) is 5.91 Å². The number of H-pyrrole nitrogens is 1. The zero-order valence-corrected chi connectivity index (χ0v) is 17.4. The second kappa shape index (κ2) is 8.18. The van der Waals surface area contributed by atoms with E-state index in [1.807, 2.05) is 4.90 Å². The van der Waals surface area contributed by atoms with Crippen LogP contribution in [0.4, 0.5) is 0 Å². The third-order valence-corrected chi connectivity index (χ3v) is 6.32. The van der Waals surface area contributed by atoms with Crippen molar-refractivity contribution in [1.29, 1.82) is 0 Å². The first-order valence-corrected chi connectivity index (χ1v) is 10.7. The molecular formula is C21H25N7O3. The molecule has 10 nitrogen and oxygen atoms in total. The summed E-state index contributed by atoms with van der Waals surface area (Å²) in [4.78, 5) is 42.8. The lowest BCUT2D eigenvalue weighted by atomic mass is 9.97. The van der Waals surface area contributed by atoms with Crippen molar-refractivity contribution in [2.24, 2.45) is 5.92 Å². The molecule has 5 heterocycles. The molecule has 31 heavy (non-hydrogen) atoms. The number of nitrogens with one attached hydrogen (secondary N) is 1. The van der Waals surface area contributed by atoms with Crippen LogP contribution in [0, 0.1) is 5.92 Å². The maximum absolute atomic E-state index is 12.8. The van der Waals surface area contributed by atoms with Gasteiger partial charge in [0, 0.05) is 50.5 Å². The van der Waals surface area contributed by atoms with Crippen LogP contribution in [0.5, 0.6) is 0 Å². The fourth-order valence-corrected chi connectivity index (χ4v) is 4.57. The van der Waals surface area contributed by atoms with Crippen LogP contribution in [-0.2, 0) is 16.0 Å². The number of aromatic amines is 1. The van der Waals surface area contributed by atoms with E-state index in [1.165, 1.54) is 6.33 Å². The standard InChI is InChI=1S/C21H25N7O3/c1-13-10-27(18(29)6-14-7-22-12-23-8-14)11-16(13)19-25-21(30)17-9-24-20(28(17)26-19)15-2-4-31-5-3-15/h7-9,12-13,15-16H,2-6,10-11H2,1H3,(H,25,26,30). The first kappa shape index (κ1) is 19.8. The van der Waals surface area contributed by atoms with E-state index in [1.54, 1.807) is 23.1 Å². The number of hydrogen-bond donors (Lipinski definition) is 1. The molecule has 0 radical (unpaired) electrons. The van der Waals surface area contributed by atoms with Gasteiger partial charge in [-0.1, -0.05) is 6.92 Å². The molecule has 2 atom stereocenters. The number of carbonyl (C=O) groups excluding carboxylic acids is 1. The quantitative estimate of drug-likeness (QED) is 0.662. The number of nitrogens with zero attached hydrogens (tertiary/aromatic N) is 6. The minimum absolute atomic E-state index is 0.0260. The number of carbonyl (C=O) groups is 1. The highest BCUT2D eigenvalue weighted by Gasteiger charge is 2.35. The Kier molecular flexibility index (Phi) is 5.23. The molecule has 5 rings (SSSR count). The minimum Gasteiger partial charge on any atom is -0.381 e. The summed E-state index contributed by atoms with van der Waals surface area (Å²) >= 11 is 0. The molecule has 1 amide bonds. The first-order valence-electron chi connectivity index (χ1n) is 10.7. The first-order chi connectivity index (χ1) is 15.1. The fraction of sp³-hybridized carbons (Fsp3) is 0.524. The van der Waals surface area contributed by atoms with E-state index in [9.17, 15) is 9.59 Å². The highest BCUT2D eigenvalue weighted by molar-refractivity contribution is 5.79. The van der Waals surface area contributed by atoms with E-state index in [2.05, 4.69) is 26.9 Å². The molecular weight excluding hydrogens is 398 g/mol. The third kappa shape index (κ3) is 3.83. The monoisotopic (exact) mass is 423 g/mol. The summed E-state index contributed by atoms with van der Waals surface area (Å²) in [6.45, 7) is 4.61. The van der Waals surface area contributed by atoms with Crippen molar-refractivity contribution < 1.29 is 9.53 Å². The van der Waals surface area contributed by atoms with Crippen LogP contribution in [0.15, 0.2) is 29.7 Å². The number of rotatable bonds is 4. The van der Waals surface area contributed by atoms with Crippen LogP contribution >= 0.6 is 0 Å². The molecule has 0 aromatic carbocycles. The van der Waals surface area contributed by atoms with Gasteiger partial charge in [-0.25, -0.2) is 19.5 Å². The molecule has 0 aliphatic carbocycles. The number of amides is 1. The van der Waals surface area contributed by atoms with Gasteiger partial charge in [0.15, 0.2) is 5.52 Å². The number of imidazole rings is 1. The summed E-state index contributed by atoms with van der Waals surface area (Å²) in [5, 5.41) is 4.78. The molecule has 3 aromatic rings. The summed E-state index contributed by atoms with van der Waals surface area (Å²) in [5.74, 6) is 1.80. The molecule has 2 aliphatic heterocycles. The SMILES string of the molecule is CC1CN(C(=O)Cc2cncnc2)CC1c1nn2c(C3CCOCC3)ncc2c(=O)[nH]1. The summed E-state index contributed by atoms with van der Waals surface area (Å²) < 4.78 is 7.16. The highest BCUT2D eigenvalue weighted by atomic mass is 16.5. The Labute approximate surface area is 178 Å². The molecule has 0 saturated carbocycles. The highest BCUT2D eigenvalue weighted by Crippen LogP contribution is 2.31. The van der Waals surface area contributed by atoms with Gasteiger partial charge in [0.25, 0.3) is 5.56 Å². The summed E-state index contributed by atoms with van der Waals surface area (Å²) in [7, 11) is 0. The molecule has 2 unspecified atom stereocenters. The van der Waals surface area contributed by atoms with Gasteiger partial charge >= 0.3 is 0 Å². The Bertz CT molecular complexity index is 1140. The molecule has 10 heteroatoms.